The van der Waals surface area contributed by atoms with Crippen LogP contribution in [0, 0.1) is 5.92 Å². The van der Waals surface area contributed by atoms with Gasteiger partial charge in [-0.05, 0) is 38.3 Å². The van der Waals surface area contributed by atoms with Crippen LogP contribution in [0.4, 0.5) is 4.79 Å². The summed E-state index contributed by atoms with van der Waals surface area (Å²) in [7, 11) is 3.00. The monoisotopic (exact) mass is 435 g/mol. The third-order valence-electron chi connectivity index (χ3n) is 5.25. The van der Waals surface area contributed by atoms with Crippen LogP contribution < -0.4 is 16.0 Å². The Labute approximate surface area is 182 Å². The van der Waals surface area contributed by atoms with Crippen molar-refractivity contribution in [1.82, 2.24) is 25.4 Å². The van der Waals surface area contributed by atoms with Crippen molar-refractivity contribution in [3.05, 3.63) is 24.0 Å². The molecule has 10 nitrogen and oxygen atoms in total. The first-order valence-electron chi connectivity index (χ1n) is 10.4. The summed E-state index contributed by atoms with van der Waals surface area (Å²) in [4.78, 5) is 52.3. The van der Waals surface area contributed by atoms with Gasteiger partial charge in [-0.1, -0.05) is 13.8 Å². The van der Waals surface area contributed by atoms with Crippen LogP contribution in [0.2, 0.25) is 0 Å². The van der Waals surface area contributed by atoms with Crippen molar-refractivity contribution in [3.8, 4) is 0 Å². The highest BCUT2D eigenvalue weighted by molar-refractivity contribution is 5.98. The van der Waals surface area contributed by atoms with Crippen LogP contribution in [0.25, 0.3) is 0 Å². The van der Waals surface area contributed by atoms with Crippen LogP contribution in [0.5, 0.6) is 0 Å². The number of methoxy groups -OCH3 is 1. The van der Waals surface area contributed by atoms with Crippen molar-refractivity contribution in [2.75, 3.05) is 13.7 Å². The van der Waals surface area contributed by atoms with Crippen LogP contribution in [0.15, 0.2) is 18.3 Å². The molecule has 2 rings (SSSR count). The van der Waals surface area contributed by atoms with E-state index in [1.54, 1.807) is 43.8 Å². The van der Waals surface area contributed by atoms with Crippen molar-refractivity contribution in [1.29, 1.82) is 0 Å². The molecule has 0 aliphatic carbocycles. The van der Waals surface area contributed by atoms with E-state index in [4.69, 9.17) is 4.74 Å². The SMILES string of the molecule is COC(=O)C(NC(=O)C1C(NC(=O)NC(C)C)CCN1C(=O)c1cccn1C)C(C)C. The summed E-state index contributed by atoms with van der Waals surface area (Å²) in [5, 5.41) is 8.25. The van der Waals surface area contributed by atoms with Gasteiger partial charge in [0.15, 0.2) is 0 Å². The van der Waals surface area contributed by atoms with Gasteiger partial charge in [0.2, 0.25) is 5.91 Å². The number of rotatable bonds is 7. The number of carbonyl (C=O) groups excluding carboxylic acids is 4. The number of nitrogens with zero attached hydrogens (tertiary/aromatic N) is 2. The Balaban J connectivity index is 2.30. The predicted octanol–water partition coefficient (Wildman–Crippen LogP) is 0.630. The van der Waals surface area contributed by atoms with E-state index in [0.29, 0.717) is 18.7 Å². The second-order valence-corrected chi connectivity index (χ2v) is 8.37. The fraction of sp³-hybridized carbons (Fsp3) is 0.619. The predicted molar refractivity (Wildman–Crippen MR) is 114 cm³/mol. The lowest BCUT2D eigenvalue weighted by Crippen LogP contribution is -2.59. The summed E-state index contributed by atoms with van der Waals surface area (Å²) in [5.41, 5.74) is 0.429. The minimum absolute atomic E-state index is 0.0839. The molecule has 10 heteroatoms. The first-order chi connectivity index (χ1) is 14.6. The molecule has 1 saturated heterocycles. The molecule has 3 atom stereocenters. The van der Waals surface area contributed by atoms with E-state index in [1.165, 1.54) is 12.0 Å². The maximum absolute atomic E-state index is 13.3. The molecule has 0 radical (unpaired) electrons. The van der Waals surface area contributed by atoms with E-state index in [2.05, 4.69) is 16.0 Å². The number of aryl methyl sites for hydroxylation is 1. The molecule has 3 N–H and O–H groups in total. The minimum Gasteiger partial charge on any atom is -0.467 e. The Bertz CT molecular complexity index is 819. The second kappa shape index (κ2) is 10.3. The van der Waals surface area contributed by atoms with Gasteiger partial charge in [0, 0.05) is 25.8 Å². The number of amides is 4. The van der Waals surface area contributed by atoms with Crippen molar-refractivity contribution in [2.24, 2.45) is 13.0 Å². The zero-order valence-corrected chi connectivity index (χ0v) is 19.0. The molecule has 1 aliphatic heterocycles. The van der Waals surface area contributed by atoms with Crippen molar-refractivity contribution in [2.45, 2.75) is 58.3 Å². The number of aromatic nitrogens is 1. The fourth-order valence-corrected chi connectivity index (χ4v) is 3.66. The first-order valence-corrected chi connectivity index (χ1v) is 10.4. The molecule has 0 spiro atoms. The third kappa shape index (κ3) is 5.77. The highest BCUT2D eigenvalue weighted by Crippen LogP contribution is 2.22. The summed E-state index contributed by atoms with van der Waals surface area (Å²) in [6, 6.07) is 0.485. The smallest absolute Gasteiger partial charge is 0.328 e. The van der Waals surface area contributed by atoms with Gasteiger partial charge in [-0.15, -0.1) is 0 Å². The van der Waals surface area contributed by atoms with E-state index >= 15 is 0 Å². The third-order valence-corrected chi connectivity index (χ3v) is 5.25. The van der Waals surface area contributed by atoms with Crippen LogP contribution in [0.3, 0.4) is 0 Å². The Morgan fingerprint density at radius 2 is 1.81 bits per heavy atom. The number of carbonyl (C=O) groups is 4. The number of hydrogen-bond acceptors (Lipinski definition) is 5. The molecule has 0 bridgehead atoms. The lowest BCUT2D eigenvalue weighted by molar-refractivity contribution is -0.146. The molecule has 31 heavy (non-hydrogen) atoms. The molecule has 0 saturated carbocycles. The molecule has 1 fully saturated rings. The van der Waals surface area contributed by atoms with Crippen molar-refractivity contribution < 1.29 is 23.9 Å². The Kier molecular flexibility index (Phi) is 8.07. The number of ether oxygens (including phenoxy) is 1. The highest BCUT2D eigenvalue weighted by Gasteiger charge is 2.44. The zero-order chi connectivity index (χ0) is 23.3. The number of likely N-dealkylation sites (tertiary alicyclic amines) is 1. The number of urea groups is 1. The zero-order valence-electron chi connectivity index (χ0n) is 19.0. The van der Waals surface area contributed by atoms with Crippen LogP contribution in [-0.2, 0) is 21.4 Å². The van der Waals surface area contributed by atoms with Crippen LogP contribution >= 0.6 is 0 Å². The molecule has 1 aromatic heterocycles. The molecule has 1 aromatic rings. The average Bonchev–Trinajstić information content (AvgIpc) is 3.30. The largest absolute Gasteiger partial charge is 0.467 e. The van der Waals surface area contributed by atoms with Crippen LogP contribution in [0.1, 0.15) is 44.6 Å². The van der Waals surface area contributed by atoms with Crippen LogP contribution in [-0.4, -0.2) is 71.1 Å². The summed E-state index contributed by atoms with van der Waals surface area (Å²) >= 11 is 0. The van der Waals surface area contributed by atoms with Gasteiger partial charge >= 0.3 is 12.0 Å². The molecule has 2 heterocycles. The van der Waals surface area contributed by atoms with E-state index in [1.807, 2.05) is 13.8 Å². The molecular formula is C21H33N5O5. The van der Waals surface area contributed by atoms with Crippen molar-refractivity contribution >= 4 is 23.8 Å². The number of hydrogen-bond donors (Lipinski definition) is 3. The van der Waals surface area contributed by atoms with Gasteiger partial charge in [-0.25, -0.2) is 9.59 Å². The molecule has 0 aromatic carbocycles. The summed E-state index contributed by atoms with van der Waals surface area (Å²) < 4.78 is 6.48. The topological polar surface area (TPSA) is 122 Å². The number of esters is 1. The first kappa shape index (κ1) is 24.2. The maximum Gasteiger partial charge on any atom is 0.328 e. The number of nitrogens with one attached hydrogen (secondary N) is 3. The van der Waals surface area contributed by atoms with Gasteiger partial charge in [0.1, 0.15) is 17.8 Å². The molecule has 1 aliphatic rings. The van der Waals surface area contributed by atoms with E-state index in [-0.39, 0.29) is 17.9 Å². The maximum atomic E-state index is 13.3. The van der Waals surface area contributed by atoms with Gasteiger partial charge < -0.3 is 30.2 Å². The summed E-state index contributed by atoms with van der Waals surface area (Å²) in [6.07, 6.45) is 2.15. The lowest BCUT2D eigenvalue weighted by Gasteiger charge is -2.30. The van der Waals surface area contributed by atoms with Gasteiger partial charge in [0.05, 0.1) is 13.2 Å². The Morgan fingerprint density at radius 1 is 1.13 bits per heavy atom. The minimum atomic E-state index is -0.966. The summed E-state index contributed by atoms with van der Waals surface area (Å²) in [6.45, 7) is 7.52. The second-order valence-electron chi connectivity index (χ2n) is 8.37. The average molecular weight is 436 g/mol. The quantitative estimate of drug-likeness (QED) is 0.543. The van der Waals surface area contributed by atoms with Gasteiger partial charge in [-0.2, -0.15) is 0 Å². The standard InChI is InChI=1S/C21H33N5O5/c1-12(2)16(20(29)31-6)24-18(27)17-14(23-21(30)22-13(3)4)9-11-26(17)19(28)15-8-7-10-25(15)5/h7-8,10,12-14,16-17H,9,11H2,1-6H3,(H,24,27)(H2,22,23,30). The summed E-state index contributed by atoms with van der Waals surface area (Å²) in [5.74, 6) is -1.62. The van der Waals surface area contributed by atoms with Crippen molar-refractivity contribution in [3.63, 3.8) is 0 Å². The molecular weight excluding hydrogens is 402 g/mol. The normalized spacial score (nSPS) is 19.3. The molecule has 3 unspecified atom stereocenters. The van der Waals surface area contributed by atoms with E-state index < -0.39 is 36.0 Å². The molecule has 4 amide bonds. The van der Waals surface area contributed by atoms with Gasteiger partial charge in [0.25, 0.3) is 5.91 Å². The molecule has 172 valence electrons. The Morgan fingerprint density at radius 3 is 2.32 bits per heavy atom. The lowest BCUT2D eigenvalue weighted by atomic mass is 10.0. The fourth-order valence-electron chi connectivity index (χ4n) is 3.66. The highest BCUT2D eigenvalue weighted by atomic mass is 16.5. The van der Waals surface area contributed by atoms with E-state index in [0.717, 1.165) is 0 Å². The van der Waals surface area contributed by atoms with Gasteiger partial charge in [-0.3, -0.25) is 9.59 Å². The Hall–Kier alpha value is -3.04. The van der Waals surface area contributed by atoms with E-state index in [9.17, 15) is 19.2 Å².